The molecule has 0 saturated carbocycles. The molecule has 0 unspecified atom stereocenters. The van der Waals surface area contributed by atoms with E-state index in [1.54, 1.807) is 42.5 Å². The molecule has 3 aromatic carbocycles. The Hall–Kier alpha value is -3.96. The molecule has 0 bridgehead atoms. The number of rotatable bonds is 10. The number of ether oxygens (including phenoxy) is 1. The minimum Gasteiger partial charge on any atom is -0.484 e. The average molecular weight is 580 g/mol. The fourth-order valence-electron chi connectivity index (χ4n) is 3.51. The molecule has 0 aliphatic rings. The normalized spacial score (nSPS) is 11.7. The lowest BCUT2D eigenvalue weighted by molar-refractivity contribution is -0.137. The van der Waals surface area contributed by atoms with Gasteiger partial charge in [-0.3, -0.25) is 4.79 Å². The number of amides is 1. The molecule has 4 rings (SSSR count). The van der Waals surface area contributed by atoms with Crippen LogP contribution in [0.25, 0.3) is 0 Å². The molecule has 1 aromatic heterocycles. The first-order valence-corrected chi connectivity index (χ1v) is 13.2. The first-order chi connectivity index (χ1) is 18.5. The summed E-state index contributed by atoms with van der Waals surface area (Å²) in [5, 5.41) is 0.519. The van der Waals surface area contributed by atoms with Gasteiger partial charge in [-0.1, -0.05) is 29.8 Å². The first-order valence-electron chi connectivity index (χ1n) is 11.4. The summed E-state index contributed by atoms with van der Waals surface area (Å²) in [6, 6.07) is 19.0. The van der Waals surface area contributed by atoms with Gasteiger partial charge < -0.3 is 18.2 Å². The number of hydrogen-bond acceptors (Lipinski definition) is 6. The quantitative estimate of drug-likeness (QED) is 0.204. The van der Waals surface area contributed by atoms with E-state index in [9.17, 15) is 26.4 Å². The van der Waals surface area contributed by atoms with Crippen molar-refractivity contribution in [2.24, 2.45) is 0 Å². The Bertz CT molecular complexity index is 1520. The summed E-state index contributed by atoms with van der Waals surface area (Å²) >= 11 is 5.87. The van der Waals surface area contributed by atoms with Crippen LogP contribution in [-0.2, 0) is 34.2 Å². The lowest BCUT2D eigenvalue weighted by Gasteiger charge is -2.22. The second kappa shape index (κ2) is 11.8. The van der Waals surface area contributed by atoms with E-state index in [4.69, 9.17) is 24.9 Å². The minimum atomic E-state index is -4.72. The highest BCUT2D eigenvalue weighted by Gasteiger charge is 2.32. The lowest BCUT2D eigenvalue weighted by atomic mass is 10.2. The molecule has 0 fully saturated rings. The molecule has 1 heterocycles. The molecule has 204 valence electrons. The number of furan rings is 1. The zero-order valence-electron chi connectivity index (χ0n) is 20.1. The van der Waals surface area contributed by atoms with Gasteiger partial charge >= 0.3 is 16.3 Å². The molecule has 39 heavy (non-hydrogen) atoms. The monoisotopic (exact) mass is 579 g/mol. The van der Waals surface area contributed by atoms with E-state index in [-0.39, 0.29) is 31.4 Å². The van der Waals surface area contributed by atoms with Gasteiger partial charge in [0.2, 0.25) is 0 Å². The van der Waals surface area contributed by atoms with Crippen LogP contribution in [0.4, 0.5) is 13.2 Å². The van der Waals surface area contributed by atoms with Crippen molar-refractivity contribution in [3.05, 3.63) is 113 Å². The summed E-state index contributed by atoms with van der Waals surface area (Å²) in [6.45, 7) is -0.157. The number of carbonyl (C=O) groups is 1. The molecular weight excluding hydrogens is 559 g/mol. The van der Waals surface area contributed by atoms with Crippen LogP contribution in [0.2, 0.25) is 5.02 Å². The Morgan fingerprint density at radius 2 is 1.64 bits per heavy atom. The molecular formula is C27H21ClF3NO6S. The number of carbonyl (C=O) groups excluding carboxylic acids is 1. The SMILES string of the molecule is O=C(COc1ccc(Cl)cc1)N(Cc1cccc(OS(=O)(=O)c2cccc(C(F)(F)F)c2)c1)Cc1ccco1. The fraction of sp³-hybridized carbons (Fsp3) is 0.148. The maximum absolute atomic E-state index is 13.0. The van der Waals surface area contributed by atoms with Crippen LogP contribution >= 0.6 is 11.6 Å². The van der Waals surface area contributed by atoms with Crippen LogP contribution in [0.5, 0.6) is 11.5 Å². The van der Waals surface area contributed by atoms with E-state index in [2.05, 4.69) is 0 Å². The molecule has 12 heteroatoms. The Labute approximate surface area is 227 Å². The van der Waals surface area contributed by atoms with Crippen LogP contribution in [0.15, 0.2) is 101 Å². The van der Waals surface area contributed by atoms with Crippen molar-refractivity contribution in [2.45, 2.75) is 24.2 Å². The average Bonchev–Trinajstić information content (AvgIpc) is 3.41. The Balaban J connectivity index is 1.50. The summed E-state index contributed by atoms with van der Waals surface area (Å²) in [5.74, 6) is 0.437. The van der Waals surface area contributed by atoms with E-state index in [1.807, 2.05) is 0 Å². The van der Waals surface area contributed by atoms with Crippen LogP contribution in [-0.4, -0.2) is 25.8 Å². The Morgan fingerprint density at radius 3 is 2.33 bits per heavy atom. The first kappa shape index (κ1) is 28.1. The van der Waals surface area contributed by atoms with Gasteiger partial charge in [-0.2, -0.15) is 21.6 Å². The third kappa shape index (κ3) is 7.78. The number of benzene rings is 3. The Kier molecular flexibility index (Phi) is 8.51. The van der Waals surface area contributed by atoms with Crippen molar-refractivity contribution in [3.8, 4) is 11.5 Å². The molecule has 0 spiro atoms. The smallest absolute Gasteiger partial charge is 0.416 e. The van der Waals surface area contributed by atoms with Crippen molar-refractivity contribution < 1.29 is 39.7 Å². The maximum Gasteiger partial charge on any atom is 0.416 e. The second-order valence-corrected chi connectivity index (χ2v) is 10.3. The minimum absolute atomic E-state index is 0.0321. The lowest BCUT2D eigenvalue weighted by Crippen LogP contribution is -2.34. The highest BCUT2D eigenvalue weighted by molar-refractivity contribution is 7.87. The van der Waals surface area contributed by atoms with Gasteiger partial charge in [-0.25, -0.2) is 0 Å². The molecule has 4 aromatic rings. The number of halogens is 4. The number of alkyl halides is 3. The van der Waals surface area contributed by atoms with E-state index in [0.717, 1.165) is 18.2 Å². The molecule has 0 radical (unpaired) electrons. The van der Waals surface area contributed by atoms with Gasteiger partial charge in [-0.15, -0.1) is 0 Å². The van der Waals surface area contributed by atoms with Crippen LogP contribution in [0.3, 0.4) is 0 Å². The molecule has 0 aliphatic carbocycles. The topological polar surface area (TPSA) is 86.0 Å². The highest BCUT2D eigenvalue weighted by Crippen LogP contribution is 2.31. The fourth-order valence-corrected chi connectivity index (χ4v) is 4.60. The third-order valence-electron chi connectivity index (χ3n) is 5.38. The van der Waals surface area contributed by atoms with E-state index in [1.165, 1.54) is 29.4 Å². The van der Waals surface area contributed by atoms with Crippen LogP contribution in [0.1, 0.15) is 16.9 Å². The largest absolute Gasteiger partial charge is 0.484 e. The van der Waals surface area contributed by atoms with Gasteiger partial charge in [0.15, 0.2) is 6.61 Å². The zero-order chi connectivity index (χ0) is 28.0. The van der Waals surface area contributed by atoms with Crippen molar-refractivity contribution in [1.82, 2.24) is 4.90 Å². The van der Waals surface area contributed by atoms with Crippen molar-refractivity contribution in [3.63, 3.8) is 0 Å². The number of hydrogen-bond donors (Lipinski definition) is 0. The molecule has 0 N–H and O–H groups in total. The van der Waals surface area contributed by atoms with Gasteiger partial charge in [-0.05, 0) is 72.3 Å². The van der Waals surface area contributed by atoms with Crippen LogP contribution < -0.4 is 8.92 Å². The molecule has 1 amide bonds. The van der Waals surface area contributed by atoms with Crippen molar-refractivity contribution in [2.75, 3.05) is 6.61 Å². The molecule has 7 nitrogen and oxygen atoms in total. The van der Waals surface area contributed by atoms with E-state index >= 15 is 0 Å². The predicted molar refractivity (Wildman–Crippen MR) is 136 cm³/mol. The summed E-state index contributed by atoms with van der Waals surface area (Å²) in [4.78, 5) is 13.8. The summed E-state index contributed by atoms with van der Waals surface area (Å²) < 4.78 is 80.5. The summed E-state index contributed by atoms with van der Waals surface area (Å²) in [5.41, 5.74) is -0.619. The second-order valence-electron chi connectivity index (χ2n) is 8.28. The van der Waals surface area contributed by atoms with Crippen molar-refractivity contribution >= 4 is 27.6 Å². The van der Waals surface area contributed by atoms with Crippen LogP contribution in [0, 0.1) is 0 Å². The zero-order valence-corrected chi connectivity index (χ0v) is 21.7. The third-order valence-corrected chi connectivity index (χ3v) is 6.88. The number of nitrogens with zero attached hydrogens (tertiary/aromatic N) is 1. The van der Waals surface area contributed by atoms with Gasteiger partial charge in [0.1, 0.15) is 22.2 Å². The van der Waals surface area contributed by atoms with Gasteiger partial charge in [0.05, 0.1) is 18.4 Å². The molecule has 0 aliphatic heterocycles. The standard InChI is InChI=1S/C27H21ClF3NO6S/c28-21-9-11-22(12-10-21)37-18-26(33)32(17-24-7-3-13-36-24)16-19-4-1-6-23(14-19)38-39(34,35)25-8-2-5-20(15-25)27(29,30)31/h1-15H,16-18H2. The summed E-state index contributed by atoms with van der Waals surface area (Å²) in [6.07, 6.45) is -3.25. The van der Waals surface area contributed by atoms with Gasteiger partial charge in [0, 0.05) is 11.6 Å². The van der Waals surface area contributed by atoms with Gasteiger partial charge in [0.25, 0.3) is 5.91 Å². The van der Waals surface area contributed by atoms with Crippen molar-refractivity contribution in [1.29, 1.82) is 0 Å². The van der Waals surface area contributed by atoms with E-state index < -0.39 is 26.8 Å². The maximum atomic E-state index is 13.0. The van der Waals surface area contributed by atoms with E-state index in [0.29, 0.717) is 28.2 Å². The predicted octanol–water partition coefficient (Wildman–Crippen LogP) is 6.33. The molecule has 0 saturated heterocycles. The molecule has 0 atom stereocenters. The summed E-state index contributed by atoms with van der Waals surface area (Å²) in [7, 11) is -4.57. The Morgan fingerprint density at radius 1 is 0.897 bits per heavy atom. The highest BCUT2D eigenvalue weighted by atomic mass is 35.5.